The van der Waals surface area contributed by atoms with Gasteiger partial charge >= 0.3 is 0 Å². The van der Waals surface area contributed by atoms with Gasteiger partial charge in [-0.1, -0.05) is 25.1 Å². The Bertz CT molecular complexity index is 665. The van der Waals surface area contributed by atoms with E-state index in [0.29, 0.717) is 5.69 Å². The minimum absolute atomic E-state index is 0.329. The van der Waals surface area contributed by atoms with Gasteiger partial charge in [-0.3, -0.25) is 15.1 Å². The Morgan fingerprint density at radius 2 is 2.14 bits per heavy atom. The average Bonchev–Trinajstić information content (AvgIpc) is 2.94. The molecule has 0 saturated carbocycles. The molecule has 1 aromatic heterocycles. The third kappa shape index (κ3) is 2.63. The number of carbonyl (C=O) groups is 1. The third-order valence-electron chi connectivity index (χ3n) is 4.02. The molecule has 0 atom stereocenters. The first-order chi connectivity index (χ1) is 10.7. The number of nitrogens with one attached hydrogen (secondary N) is 1. The van der Waals surface area contributed by atoms with Crippen molar-refractivity contribution in [3.8, 4) is 5.69 Å². The number of fused-ring (bicyclic) bond motifs is 1. The number of carbonyl (C=O) groups excluding carboxylic acids is 1. The maximum Gasteiger partial charge on any atom is 0.286 e. The summed E-state index contributed by atoms with van der Waals surface area (Å²) >= 11 is 0. The molecule has 3 N–H and O–H groups in total. The van der Waals surface area contributed by atoms with Gasteiger partial charge in [0.15, 0.2) is 5.69 Å². The number of nitrogens with zero attached hydrogens (tertiary/aromatic N) is 3. The quantitative estimate of drug-likeness (QED) is 0.506. The summed E-state index contributed by atoms with van der Waals surface area (Å²) < 4.78 is 1.88. The van der Waals surface area contributed by atoms with Crippen LogP contribution in [-0.2, 0) is 13.0 Å². The highest BCUT2D eigenvalue weighted by atomic mass is 16.2. The monoisotopic (exact) mass is 299 g/mol. The molecular weight excluding hydrogens is 278 g/mol. The smallest absolute Gasteiger partial charge is 0.286 e. The molecule has 1 aromatic carbocycles. The number of nitrogen functional groups attached to an aromatic ring is 1. The third-order valence-corrected chi connectivity index (χ3v) is 4.02. The summed E-state index contributed by atoms with van der Waals surface area (Å²) in [5.74, 6) is 4.99. The fraction of sp³-hybridized carbons (Fsp3) is 0.375. The zero-order valence-corrected chi connectivity index (χ0v) is 12.7. The lowest BCUT2D eigenvalue weighted by atomic mass is 10.0. The Morgan fingerprint density at radius 1 is 1.36 bits per heavy atom. The van der Waals surface area contributed by atoms with Crippen LogP contribution in [0.3, 0.4) is 0 Å². The van der Waals surface area contributed by atoms with Crippen LogP contribution in [0.15, 0.2) is 30.3 Å². The van der Waals surface area contributed by atoms with Gasteiger partial charge < -0.3 is 0 Å². The number of hydrogen-bond acceptors (Lipinski definition) is 4. The Kier molecular flexibility index (Phi) is 4.22. The van der Waals surface area contributed by atoms with Crippen LogP contribution < -0.4 is 11.3 Å². The van der Waals surface area contributed by atoms with Crippen molar-refractivity contribution in [1.82, 2.24) is 20.1 Å². The predicted octanol–water partition coefficient (Wildman–Crippen LogP) is 1.24. The number of benzene rings is 1. The fourth-order valence-corrected chi connectivity index (χ4v) is 3.02. The number of nitrogens with two attached hydrogens (primary N) is 1. The van der Waals surface area contributed by atoms with Gasteiger partial charge in [0.25, 0.3) is 5.91 Å². The van der Waals surface area contributed by atoms with Crippen LogP contribution in [0.4, 0.5) is 0 Å². The predicted molar refractivity (Wildman–Crippen MR) is 84.5 cm³/mol. The van der Waals surface area contributed by atoms with Crippen molar-refractivity contribution < 1.29 is 4.79 Å². The highest BCUT2D eigenvalue weighted by molar-refractivity contribution is 5.93. The number of amides is 1. The van der Waals surface area contributed by atoms with E-state index in [4.69, 9.17) is 5.84 Å². The van der Waals surface area contributed by atoms with Gasteiger partial charge in [-0.2, -0.15) is 5.10 Å². The first-order valence-corrected chi connectivity index (χ1v) is 7.64. The Morgan fingerprint density at radius 3 is 2.82 bits per heavy atom. The summed E-state index contributed by atoms with van der Waals surface area (Å²) in [6.45, 7) is 4.93. The topological polar surface area (TPSA) is 76.2 Å². The van der Waals surface area contributed by atoms with E-state index in [9.17, 15) is 4.79 Å². The van der Waals surface area contributed by atoms with Crippen LogP contribution >= 0.6 is 0 Å². The van der Waals surface area contributed by atoms with Gasteiger partial charge in [-0.05, 0) is 25.1 Å². The molecule has 6 nitrogen and oxygen atoms in total. The maximum absolute atomic E-state index is 12.1. The molecule has 2 heterocycles. The lowest BCUT2D eigenvalue weighted by Crippen LogP contribution is -2.34. The van der Waals surface area contributed by atoms with Gasteiger partial charge in [-0.25, -0.2) is 10.5 Å². The van der Waals surface area contributed by atoms with Crippen LogP contribution in [0, 0.1) is 0 Å². The largest absolute Gasteiger partial charge is 0.299 e. The second-order valence-electron chi connectivity index (χ2n) is 5.52. The molecule has 0 spiro atoms. The van der Waals surface area contributed by atoms with E-state index in [1.807, 2.05) is 35.0 Å². The first kappa shape index (κ1) is 14.7. The Labute approximate surface area is 129 Å². The van der Waals surface area contributed by atoms with Crippen molar-refractivity contribution in [2.45, 2.75) is 26.3 Å². The molecule has 3 rings (SSSR count). The highest BCUT2D eigenvalue weighted by Gasteiger charge is 2.27. The standard InChI is InChI=1S/C16H21N5O/c1-2-9-20-10-8-14-13(11-20)15(16(22)18-17)19-21(14)12-6-4-3-5-7-12/h3-7H,2,8-11,17H2,1H3,(H,18,22). The minimum Gasteiger partial charge on any atom is -0.299 e. The molecule has 22 heavy (non-hydrogen) atoms. The highest BCUT2D eigenvalue weighted by Crippen LogP contribution is 2.25. The summed E-state index contributed by atoms with van der Waals surface area (Å²) in [7, 11) is 0. The van der Waals surface area contributed by atoms with Crippen molar-refractivity contribution in [3.05, 3.63) is 47.3 Å². The molecule has 1 aliphatic rings. The molecule has 116 valence electrons. The normalized spacial score (nSPS) is 14.6. The molecule has 0 radical (unpaired) electrons. The summed E-state index contributed by atoms with van der Waals surface area (Å²) in [6.07, 6.45) is 1.98. The fourth-order valence-electron chi connectivity index (χ4n) is 3.02. The van der Waals surface area contributed by atoms with Crippen molar-refractivity contribution in [3.63, 3.8) is 0 Å². The molecule has 0 bridgehead atoms. The van der Waals surface area contributed by atoms with E-state index in [2.05, 4.69) is 22.3 Å². The summed E-state index contributed by atoms with van der Waals surface area (Å²) in [5.41, 5.74) is 5.71. The first-order valence-electron chi connectivity index (χ1n) is 7.64. The van der Waals surface area contributed by atoms with E-state index in [-0.39, 0.29) is 5.91 Å². The second-order valence-corrected chi connectivity index (χ2v) is 5.52. The molecule has 1 aliphatic heterocycles. The zero-order chi connectivity index (χ0) is 15.5. The zero-order valence-electron chi connectivity index (χ0n) is 12.7. The molecule has 0 saturated heterocycles. The summed E-state index contributed by atoms with van der Waals surface area (Å²) in [6, 6.07) is 9.90. The molecule has 2 aromatic rings. The van der Waals surface area contributed by atoms with Crippen LogP contribution in [-0.4, -0.2) is 33.7 Å². The lowest BCUT2D eigenvalue weighted by Gasteiger charge is -2.27. The number of hydrogen-bond donors (Lipinski definition) is 2. The van der Waals surface area contributed by atoms with Gasteiger partial charge in [0.2, 0.25) is 0 Å². The number of para-hydroxylation sites is 1. The van der Waals surface area contributed by atoms with E-state index >= 15 is 0 Å². The molecule has 1 amide bonds. The lowest BCUT2D eigenvalue weighted by molar-refractivity contribution is 0.0946. The van der Waals surface area contributed by atoms with Crippen molar-refractivity contribution in [1.29, 1.82) is 0 Å². The van der Waals surface area contributed by atoms with Crippen LogP contribution in [0.2, 0.25) is 0 Å². The second kappa shape index (κ2) is 6.29. The van der Waals surface area contributed by atoms with E-state index in [1.165, 1.54) is 0 Å². The minimum atomic E-state index is -0.329. The Hall–Kier alpha value is -2.18. The summed E-state index contributed by atoms with van der Waals surface area (Å²) in [4.78, 5) is 14.4. The van der Waals surface area contributed by atoms with Crippen molar-refractivity contribution in [2.75, 3.05) is 13.1 Å². The van der Waals surface area contributed by atoms with Crippen LogP contribution in [0.25, 0.3) is 5.69 Å². The molecule has 0 unspecified atom stereocenters. The number of aromatic nitrogens is 2. The maximum atomic E-state index is 12.1. The van der Waals surface area contributed by atoms with Gasteiger partial charge in [-0.15, -0.1) is 0 Å². The van der Waals surface area contributed by atoms with Gasteiger partial charge in [0.05, 0.1) is 11.4 Å². The Balaban J connectivity index is 2.05. The molecule has 0 aliphatic carbocycles. The number of hydrazine groups is 1. The molecule has 6 heteroatoms. The van der Waals surface area contributed by atoms with E-state index < -0.39 is 0 Å². The molecule has 0 fully saturated rings. The van der Waals surface area contributed by atoms with Crippen LogP contribution in [0.1, 0.15) is 35.1 Å². The van der Waals surface area contributed by atoms with Crippen LogP contribution in [0.5, 0.6) is 0 Å². The van der Waals surface area contributed by atoms with Gasteiger partial charge in [0.1, 0.15) is 0 Å². The molecular formula is C16H21N5O. The average molecular weight is 299 g/mol. The van der Waals surface area contributed by atoms with Crippen molar-refractivity contribution in [2.24, 2.45) is 5.84 Å². The SMILES string of the molecule is CCCN1CCc2c(c(C(=O)NN)nn2-c2ccccc2)C1. The van der Waals surface area contributed by atoms with E-state index in [1.54, 1.807) is 0 Å². The van der Waals surface area contributed by atoms with E-state index in [0.717, 1.165) is 49.4 Å². The van der Waals surface area contributed by atoms with Crippen molar-refractivity contribution >= 4 is 5.91 Å². The summed E-state index contributed by atoms with van der Waals surface area (Å²) in [5, 5.41) is 4.53. The van der Waals surface area contributed by atoms with Gasteiger partial charge in [0, 0.05) is 25.1 Å². The number of rotatable bonds is 4.